The number of pyridine rings is 1. The predicted octanol–water partition coefficient (Wildman–Crippen LogP) is 4.58. The van der Waals surface area contributed by atoms with E-state index in [1.54, 1.807) is 12.3 Å². The summed E-state index contributed by atoms with van der Waals surface area (Å²) >= 11 is 6.48. The van der Waals surface area contributed by atoms with E-state index in [1.165, 1.54) is 16.7 Å². The standard InChI is InChI=1S/C30H28ClN5O4/c31-25-15-19(7-9-22(25)20-5-2-1-3-6-20)17-32-13-11-27(37)33-12-4-14-36-26-16-21(30(39)40)8-10-23(26)24-18-34-35-28(24)29(36)38/h1-3,5-10,15-16,18,32H,4,11-14,17H2,(H,33,37)(H,34,35)(H,39,40). The minimum absolute atomic E-state index is 0.0960. The molecule has 0 fully saturated rings. The van der Waals surface area contributed by atoms with Crippen molar-refractivity contribution in [2.45, 2.75) is 25.9 Å². The van der Waals surface area contributed by atoms with E-state index in [2.05, 4.69) is 20.8 Å². The van der Waals surface area contributed by atoms with Gasteiger partial charge in [-0.25, -0.2) is 4.79 Å². The lowest BCUT2D eigenvalue weighted by Gasteiger charge is -2.12. The van der Waals surface area contributed by atoms with E-state index in [-0.39, 0.29) is 17.0 Å². The number of H-pyrrole nitrogens is 1. The quantitative estimate of drug-likeness (QED) is 0.176. The van der Waals surface area contributed by atoms with Gasteiger partial charge in [0.05, 0.1) is 17.3 Å². The third kappa shape index (κ3) is 5.90. The van der Waals surface area contributed by atoms with E-state index in [1.807, 2.05) is 48.5 Å². The number of nitrogens with one attached hydrogen (secondary N) is 3. The maximum atomic E-state index is 13.1. The fraction of sp³-hybridized carbons (Fsp3) is 0.200. The number of hydrogen-bond acceptors (Lipinski definition) is 5. The molecule has 5 aromatic rings. The summed E-state index contributed by atoms with van der Waals surface area (Å²) in [7, 11) is 0. The van der Waals surface area contributed by atoms with Gasteiger partial charge >= 0.3 is 5.97 Å². The van der Waals surface area contributed by atoms with Crippen LogP contribution in [0.4, 0.5) is 0 Å². The second-order valence-corrected chi connectivity index (χ2v) is 9.87. The lowest BCUT2D eigenvalue weighted by Crippen LogP contribution is -2.30. The molecule has 0 aliphatic heterocycles. The molecule has 204 valence electrons. The topological polar surface area (TPSA) is 129 Å². The summed E-state index contributed by atoms with van der Waals surface area (Å²) in [5.74, 6) is -1.17. The second-order valence-electron chi connectivity index (χ2n) is 9.46. The van der Waals surface area contributed by atoms with Crippen LogP contribution in [0.15, 0.2) is 77.7 Å². The number of benzene rings is 3. The normalized spacial score (nSPS) is 11.2. The molecule has 0 spiro atoms. The van der Waals surface area contributed by atoms with Crippen molar-refractivity contribution in [2.75, 3.05) is 13.1 Å². The highest BCUT2D eigenvalue weighted by molar-refractivity contribution is 6.33. The van der Waals surface area contributed by atoms with Gasteiger partial charge in [-0.05, 0) is 35.7 Å². The van der Waals surface area contributed by atoms with Crippen molar-refractivity contribution in [1.29, 1.82) is 0 Å². The van der Waals surface area contributed by atoms with Crippen molar-refractivity contribution in [2.24, 2.45) is 0 Å². The van der Waals surface area contributed by atoms with Crippen LogP contribution in [0.3, 0.4) is 0 Å². The Bertz CT molecular complexity index is 1750. The first-order valence-electron chi connectivity index (χ1n) is 13.0. The average Bonchev–Trinajstić information content (AvgIpc) is 3.46. The summed E-state index contributed by atoms with van der Waals surface area (Å²) in [6, 6.07) is 20.6. The van der Waals surface area contributed by atoms with Gasteiger partial charge in [0.2, 0.25) is 5.91 Å². The number of amides is 1. The summed E-state index contributed by atoms with van der Waals surface area (Å²) in [5.41, 5.74) is 3.77. The molecule has 0 saturated carbocycles. The lowest BCUT2D eigenvalue weighted by molar-refractivity contribution is -0.121. The minimum atomic E-state index is -1.07. The van der Waals surface area contributed by atoms with E-state index in [9.17, 15) is 19.5 Å². The van der Waals surface area contributed by atoms with Crippen LogP contribution in [-0.4, -0.2) is 44.8 Å². The van der Waals surface area contributed by atoms with Gasteiger partial charge < -0.3 is 20.3 Å². The van der Waals surface area contributed by atoms with Crippen LogP contribution in [0, 0.1) is 0 Å². The molecule has 0 atom stereocenters. The molecule has 3 aromatic carbocycles. The van der Waals surface area contributed by atoms with Crippen LogP contribution < -0.4 is 16.2 Å². The van der Waals surface area contributed by atoms with E-state index < -0.39 is 5.97 Å². The smallest absolute Gasteiger partial charge is 0.335 e. The number of rotatable bonds is 11. The fourth-order valence-electron chi connectivity index (χ4n) is 4.74. The van der Waals surface area contributed by atoms with E-state index in [0.717, 1.165) is 22.1 Å². The highest BCUT2D eigenvalue weighted by Crippen LogP contribution is 2.28. The van der Waals surface area contributed by atoms with Gasteiger partial charge in [0.25, 0.3) is 5.56 Å². The molecule has 4 N–H and O–H groups in total. The lowest BCUT2D eigenvalue weighted by atomic mass is 10.0. The Kier molecular flexibility index (Phi) is 8.23. The first-order chi connectivity index (χ1) is 19.4. The van der Waals surface area contributed by atoms with Gasteiger partial charge in [0, 0.05) is 54.0 Å². The molecule has 0 saturated heterocycles. The Morgan fingerprint density at radius 1 is 1.00 bits per heavy atom. The zero-order valence-electron chi connectivity index (χ0n) is 21.6. The van der Waals surface area contributed by atoms with Crippen LogP contribution in [0.2, 0.25) is 5.02 Å². The summed E-state index contributed by atoms with van der Waals surface area (Å²) in [4.78, 5) is 36.9. The molecule has 0 aliphatic rings. The zero-order valence-corrected chi connectivity index (χ0v) is 22.4. The Morgan fingerprint density at radius 3 is 2.60 bits per heavy atom. The molecule has 0 radical (unpaired) electrons. The third-order valence-electron chi connectivity index (χ3n) is 6.78. The van der Waals surface area contributed by atoms with Crippen LogP contribution >= 0.6 is 11.6 Å². The van der Waals surface area contributed by atoms with Crippen LogP contribution in [0.5, 0.6) is 0 Å². The first-order valence-corrected chi connectivity index (χ1v) is 13.3. The highest BCUT2D eigenvalue weighted by Gasteiger charge is 2.14. The van der Waals surface area contributed by atoms with Crippen molar-refractivity contribution in [1.82, 2.24) is 25.4 Å². The van der Waals surface area contributed by atoms with Crippen LogP contribution in [0.25, 0.3) is 32.9 Å². The maximum Gasteiger partial charge on any atom is 0.335 e. The highest BCUT2D eigenvalue weighted by atomic mass is 35.5. The van der Waals surface area contributed by atoms with E-state index >= 15 is 0 Å². The van der Waals surface area contributed by atoms with Gasteiger partial charge in [-0.1, -0.05) is 60.1 Å². The number of aryl methyl sites for hydroxylation is 1. The molecule has 40 heavy (non-hydrogen) atoms. The monoisotopic (exact) mass is 557 g/mol. The number of aromatic amines is 1. The molecule has 0 aliphatic carbocycles. The minimum Gasteiger partial charge on any atom is -0.478 e. The summed E-state index contributed by atoms with van der Waals surface area (Å²) in [5, 5.41) is 24.3. The number of aromatic nitrogens is 3. The maximum absolute atomic E-state index is 13.1. The second kappa shape index (κ2) is 12.1. The summed E-state index contributed by atoms with van der Waals surface area (Å²) in [6.07, 6.45) is 2.37. The number of halogens is 1. The molecule has 1 amide bonds. The molecule has 0 unspecified atom stereocenters. The molecule has 10 heteroatoms. The Morgan fingerprint density at radius 2 is 1.82 bits per heavy atom. The number of carbonyl (C=O) groups excluding carboxylic acids is 1. The largest absolute Gasteiger partial charge is 0.478 e. The number of carboxylic acids is 1. The van der Waals surface area contributed by atoms with Crippen LogP contribution in [-0.2, 0) is 17.9 Å². The third-order valence-corrected chi connectivity index (χ3v) is 7.09. The van der Waals surface area contributed by atoms with Gasteiger partial charge in [-0.3, -0.25) is 14.7 Å². The Balaban J connectivity index is 1.11. The zero-order chi connectivity index (χ0) is 28.1. The van der Waals surface area contributed by atoms with Crippen molar-refractivity contribution >= 4 is 45.3 Å². The van der Waals surface area contributed by atoms with Crippen molar-refractivity contribution in [3.63, 3.8) is 0 Å². The average molecular weight is 558 g/mol. The molecular weight excluding hydrogens is 530 g/mol. The molecule has 0 bridgehead atoms. The van der Waals surface area contributed by atoms with Gasteiger partial charge in [-0.2, -0.15) is 5.10 Å². The number of nitrogens with zero attached hydrogens (tertiary/aromatic N) is 2. The number of carboxylic acid groups (broad SMARTS) is 1. The van der Waals surface area contributed by atoms with Gasteiger partial charge in [0.1, 0.15) is 5.52 Å². The fourth-order valence-corrected chi connectivity index (χ4v) is 5.06. The number of carbonyl (C=O) groups is 2. The molecule has 2 aromatic heterocycles. The number of fused-ring (bicyclic) bond motifs is 3. The van der Waals surface area contributed by atoms with Gasteiger partial charge in [-0.15, -0.1) is 0 Å². The summed E-state index contributed by atoms with van der Waals surface area (Å²) < 4.78 is 1.53. The van der Waals surface area contributed by atoms with E-state index in [0.29, 0.717) is 60.5 Å². The van der Waals surface area contributed by atoms with Crippen molar-refractivity contribution in [3.8, 4) is 11.1 Å². The first kappa shape index (κ1) is 27.1. The number of hydrogen-bond donors (Lipinski definition) is 4. The molecule has 9 nitrogen and oxygen atoms in total. The van der Waals surface area contributed by atoms with Gasteiger partial charge in [0.15, 0.2) is 0 Å². The summed E-state index contributed by atoms with van der Waals surface area (Å²) in [6.45, 7) is 1.78. The molecule has 5 rings (SSSR count). The molecular formula is C30H28ClN5O4. The number of aromatic carboxylic acids is 1. The van der Waals surface area contributed by atoms with Crippen molar-refractivity contribution in [3.05, 3.63) is 99.4 Å². The van der Waals surface area contributed by atoms with E-state index in [4.69, 9.17) is 11.6 Å². The van der Waals surface area contributed by atoms with Crippen molar-refractivity contribution < 1.29 is 14.7 Å². The SMILES string of the molecule is O=C(CCNCc1ccc(-c2ccccc2)c(Cl)c1)NCCCn1c(=O)c2[nH]ncc2c2ccc(C(=O)O)cc21. The van der Waals surface area contributed by atoms with Crippen LogP contribution in [0.1, 0.15) is 28.8 Å². The molecule has 2 heterocycles. The Labute approximate surface area is 234 Å². The Hall–Kier alpha value is -4.47. The predicted molar refractivity (Wildman–Crippen MR) is 156 cm³/mol.